The van der Waals surface area contributed by atoms with E-state index in [9.17, 15) is 4.79 Å². The fraction of sp³-hybridized carbons (Fsp3) is 0.286. The van der Waals surface area contributed by atoms with E-state index < -0.39 is 5.91 Å². The van der Waals surface area contributed by atoms with Crippen LogP contribution in [0, 0.1) is 0 Å². The van der Waals surface area contributed by atoms with Crippen LogP contribution >= 0.6 is 0 Å². The van der Waals surface area contributed by atoms with Gasteiger partial charge in [0.1, 0.15) is 5.69 Å². The van der Waals surface area contributed by atoms with Gasteiger partial charge in [0.2, 0.25) is 0 Å². The smallest absolute Gasteiger partial charge is 0.269 e. The summed E-state index contributed by atoms with van der Waals surface area (Å²) in [5.41, 5.74) is 8.22. The second kappa shape index (κ2) is 4.76. The van der Waals surface area contributed by atoms with E-state index in [1.165, 1.54) is 11.3 Å². The van der Waals surface area contributed by atoms with Crippen LogP contribution < -0.4 is 10.6 Å². The highest BCUT2D eigenvalue weighted by Crippen LogP contribution is 2.26. The van der Waals surface area contributed by atoms with E-state index in [4.69, 9.17) is 5.73 Å². The van der Waals surface area contributed by atoms with Gasteiger partial charge in [-0.25, -0.2) is 0 Å². The van der Waals surface area contributed by atoms with Gasteiger partial charge < -0.3 is 10.6 Å². The summed E-state index contributed by atoms with van der Waals surface area (Å²) in [4.78, 5) is 13.3. The summed E-state index contributed by atoms with van der Waals surface area (Å²) in [5.74, 6) is -0.481. The number of nitrogens with two attached hydrogens (primary N) is 1. The molecule has 2 aromatic rings. The van der Waals surface area contributed by atoms with E-state index in [1.54, 1.807) is 16.9 Å². The molecule has 1 aromatic carbocycles. The third-order valence-corrected chi connectivity index (χ3v) is 3.48. The number of amides is 1. The van der Waals surface area contributed by atoms with Crippen molar-refractivity contribution >= 4 is 11.6 Å². The minimum atomic E-state index is -0.481. The number of hydrogen-bond acceptors (Lipinski definition) is 3. The Morgan fingerprint density at radius 1 is 1.26 bits per heavy atom. The molecule has 2 heterocycles. The van der Waals surface area contributed by atoms with Gasteiger partial charge >= 0.3 is 0 Å². The van der Waals surface area contributed by atoms with E-state index >= 15 is 0 Å². The van der Waals surface area contributed by atoms with Crippen molar-refractivity contribution in [1.29, 1.82) is 0 Å². The number of primary amides is 1. The summed E-state index contributed by atoms with van der Waals surface area (Å²) in [5, 5.41) is 4.14. The fourth-order valence-electron chi connectivity index (χ4n) is 2.48. The lowest BCUT2D eigenvalue weighted by Gasteiger charge is -2.19. The molecule has 0 unspecified atom stereocenters. The molecule has 5 heteroatoms. The standard InChI is InChI=1S/C14H16N4O/c15-14(19)12-6-8-18(16-12)10-9-17-7-5-11-3-1-2-4-13(11)17/h1-4,6,8H,5,7,9-10H2,(H2,15,19). The Morgan fingerprint density at radius 3 is 2.89 bits per heavy atom. The van der Waals surface area contributed by atoms with Crippen molar-refractivity contribution in [3.63, 3.8) is 0 Å². The number of nitrogens with zero attached hydrogens (tertiary/aromatic N) is 3. The van der Waals surface area contributed by atoms with Crippen LogP contribution in [0.4, 0.5) is 5.69 Å². The fourth-order valence-corrected chi connectivity index (χ4v) is 2.48. The molecule has 0 saturated heterocycles. The SMILES string of the molecule is NC(=O)c1ccn(CCN2CCc3ccccc32)n1. The Hall–Kier alpha value is -2.30. The first kappa shape index (κ1) is 11.8. The van der Waals surface area contributed by atoms with E-state index in [2.05, 4.69) is 34.3 Å². The second-order valence-electron chi connectivity index (χ2n) is 4.69. The zero-order valence-corrected chi connectivity index (χ0v) is 10.6. The van der Waals surface area contributed by atoms with Crippen molar-refractivity contribution in [2.45, 2.75) is 13.0 Å². The Balaban J connectivity index is 1.65. The Kier molecular flexibility index (Phi) is 2.95. The molecular weight excluding hydrogens is 240 g/mol. The Labute approximate surface area is 111 Å². The van der Waals surface area contributed by atoms with Gasteiger partial charge in [0.25, 0.3) is 5.91 Å². The number of rotatable bonds is 4. The van der Waals surface area contributed by atoms with Gasteiger partial charge in [0.15, 0.2) is 0 Å². The number of fused-ring (bicyclic) bond motifs is 1. The van der Waals surface area contributed by atoms with Crippen molar-refractivity contribution < 1.29 is 4.79 Å². The van der Waals surface area contributed by atoms with Crippen molar-refractivity contribution in [2.24, 2.45) is 5.73 Å². The topological polar surface area (TPSA) is 64.2 Å². The Bertz CT molecular complexity index is 605. The van der Waals surface area contributed by atoms with Crippen LogP contribution in [-0.4, -0.2) is 28.8 Å². The molecular formula is C14H16N4O. The average molecular weight is 256 g/mol. The first-order valence-corrected chi connectivity index (χ1v) is 6.40. The van der Waals surface area contributed by atoms with Crippen molar-refractivity contribution in [2.75, 3.05) is 18.0 Å². The van der Waals surface area contributed by atoms with Gasteiger partial charge in [-0.3, -0.25) is 9.48 Å². The molecule has 2 N–H and O–H groups in total. The predicted molar refractivity (Wildman–Crippen MR) is 73.1 cm³/mol. The largest absolute Gasteiger partial charge is 0.369 e. The van der Waals surface area contributed by atoms with E-state index in [-0.39, 0.29) is 0 Å². The van der Waals surface area contributed by atoms with Crippen LogP contribution in [0.2, 0.25) is 0 Å². The third kappa shape index (κ3) is 2.31. The molecule has 1 aromatic heterocycles. The minimum Gasteiger partial charge on any atom is -0.369 e. The number of hydrogen-bond donors (Lipinski definition) is 1. The van der Waals surface area contributed by atoms with Crippen molar-refractivity contribution in [1.82, 2.24) is 9.78 Å². The first-order valence-electron chi connectivity index (χ1n) is 6.40. The van der Waals surface area contributed by atoms with Crippen LogP contribution in [-0.2, 0) is 13.0 Å². The summed E-state index contributed by atoms with van der Waals surface area (Å²) < 4.78 is 1.76. The molecule has 0 bridgehead atoms. The average Bonchev–Trinajstić information content (AvgIpc) is 3.03. The first-order chi connectivity index (χ1) is 9.24. The lowest BCUT2D eigenvalue weighted by Crippen LogP contribution is -2.25. The van der Waals surface area contributed by atoms with Gasteiger partial charge in [-0.2, -0.15) is 5.10 Å². The molecule has 0 fully saturated rings. The van der Waals surface area contributed by atoms with Crippen LogP contribution in [0.5, 0.6) is 0 Å². The highest BCUT2D eigenvalue weighted by molar-refractivity contribution is 5.90. The molecule has 1 amide bonds. The van der Waals surface area contributed by atoms with Crippen LogP contribution in [0.3, 0.4) is 0 Å². The lowest BCUT2D eigenvalue weighted by atomic mass is 10.2. The van der Waals surface area contributed by atoms with Gasteiger partial charge in [0, 0.05) is 25.0 Å². The van der Waals surface area contributed by atoms with Gasteiger partial charge in [-0.15, -0.1) is 0 Å². The molecule has 19 heavy (non-hydrogen) atoms. The highest BCUT2D eigenvalue weighted by Gasteiger charge is 2.17. The zero-order valence-electron chi connectivity index (χ0n) is 10.6. The number of carbonyl (C=O) groups excluding carboxylic acids is 1. The Morgan fingerprint density at radius 2 is 2.11 bits per heavy atom. The maximum atomic E-state index is 11.0. The summed E-state index contributed by atoms with van der Waals surface area (Å²) in [6.07, 6.45) is 2.89. The number of para-hydroxylation sites is 1. The molecule has 3 rings (SSSR count). The summed E-state index contributed by atoms with van der Waals surface area (Å²) in [6, 6.07) is 10.1. The van der Waals surface area contributed by atoms with Gasteiger partial charge in [0.05, 0.1) is 6.54 Å². The third-order valence-electron chi connectivity index (χ3n) is 3.48. The molecule has 0 radical (unpaired) electrons. The predicted octanol–water partition coefficient (Wildman–Crippen LogP) is 1.04. The molecule has 0 saturated carbocycles. The molecule has 0 atom stereocenters. The van der Waals surface area contributed by atoms with E-state index in [1.807, 2.05) is 0 Å². The number of aromatic nitrogens is 2. The summed E-state index contributed by atoms with van der Waals surface area (Å²) in [7, 11) is 0. The molecule has 98 valence electrons. The monoisotopic (exact) mass is 256 g/mol. The number of carbonyl (C=O) groups is 1. The van der Waals surface area contributed by atoms with Crippen molar-refractivity contribution in [3.05, 3.63) is 47.8 Å². The minimum absolute atomic E-state index is 0.321. The maximum Gasteiger partial charge on any atom is 0.269 e. The normalized spacial score (nSPS) is 13.6. The van der Waals surface area contributed by atoms with E-state index in [0.717, 1.165) is 26.1 Å². The zero-order chi connectivity index (χ0) is 13.2. The molecule has 0 aliphatic carbocycles. The number of benzene rings is 1. The highest BCUT2D eigenvalue weighted by atomic mass is 16.1. The van der Waals surface area contributed by atoms with Crippen LogP contribution in [0.1, 0.15) is 16.1 Å². The maximum absolute atomic E-state index is 11.0. The molecule has 5 nitrogen and oxygen atoms in total. The van der Waals surface area contributed by atoms with Crippen LogP contribution in [0.15, 0.2) is 36.5 Å². The number of anilines is 1. The van der Waals surface area contributed by atoms with Gasteiger partial charge in [-0.1, -0.05) is 18.2 Å². The molecule has 1 aliphatic heterocycles. The summed E-state index contributed by atoms with van der Waals surface area (Å²) >= 11 is 0. The molecule has 1 aliphatic rings. The molecule has 0 spiro atoms. The lowest BCUT2D eigenvalue weighted by molar-refractivity contribution is 0.0994. The quantitative estimate of drug-likeness (QED) is 0.889. The van der Waals surface area contributed by atoms with Crippen LogP contribution in [0.25, 0.3) is 0 Å². The van der Waals surface area contributed by atoms with E-state index in [0.29, 0.717) is 5.69 Å². The van der Waals surface area contributed by atoms with Gasteiger partial charge in [-0.05, 0) is 24.1 Å². The van der Waals surface area contributed by atoms with Crippen molar-refractivity contribution in [3.8, 4) is 0 Å². The second-order valence-corrected chi connectivity index (χ2v) is 4.69. The summed E-state index contributed by atoms with van der Waals surface area (Å²) in [6.45, 7) is 2.68.